The molecule has 0 aliphatic rings. The van der Waals surface area contributed by atoms with Crippen LogP contribution in [0.4, 0.5) is 0 Å². The molecule has 0 aromatic heterocycles. The predicted octanol–water partition coefficient (Wildman–Crippen LogP) is 3.38. The van der Waals surface area contributed by atoms with E-state index in [4.69, 9.17) is 4.74 Å². The molecule has 0 aliphatic heterocycles. The van der Waals surface area contributed by atoms with E-state index in [-0.39, 0.29) is 12.6 Å². The molecule has 4 nitrogen and oxygen atoms in total. The van der Waals surface area contributed by atoms with Crippen LogP contribution in [0.2, 0.25) is 0 Å². The Kier molecular flexibility index (Phi) is 6.90. The summed E-state index contributed by atoms with van der Waals surface area (Å²) in [5.74, 6) is -0.356. The molecule has 0 saturated heterocycles. The van der Waals surface area contributed by atoms with E-state index in [0.717, 1.165) is 9.13 Å². The molecule has 5 heteroatoms. The van der Waals surface area contributed by atoms with Crippen LogP contribution in [-0.4, -0.2) is 12.6 Å². The average Bonchev–Trinajstić information content (AvgIpc) is 2.47. The largest absolute Gasteiger partial charge is 0.462 e. The third-order valence-electron chi connectivity index (χ3n) is 2.89. The predicted molar refractivity (Wildman–Crippen MR) is 86.9 cm³/mol. The van der Waals surface area contributed by atoms with E-state index >= 15 is 0 Å². The summed E-state index contributed by atoms with van der Waals surface area (Å²) in [4.78, 5) is 10.6. The highest BCUT2D eigenvalue weighted by Gasteiger charge is 2.29. The molecule has 0 atom stereocenters. The van der Waals surface area contributed by atoms with Crippen LogP contribution in [-0.2, 0) is 16.0 Å². The van der Waals surface area contributed by atoms with E-state index in [1.54, 1.807) is 12.2 Å². The molecule has 1 aromatic carbocycles. The van der Waals surface area contributed by atoms with Crippen molar-refractivity contribution < 1.29 is 9.53 Å². The minimum absolute atomic E-state index is 0.158. The zero-order valence-corrected chi connectivity index (χ0v) is 13.8. The lowest BCUT2D eigenvalue weighted by molar-refractivity contribution is -0.139. The van der Waals surface area contributed by atoms with Gasteiger partial charge in [0.25, 0.3) is 0 Å². The van der Waals surface area contributed by atoms with Crippen LogP contribution in [0.1, 0.15) is 18.9 Å². The number of nitriles is 2. The summed E-state index contributed by atoms with van der Waals surface area (Å²) in [5, 5.41) is 18.8. The van der Waals surface area contributed by atoms with Gasteiger partial charge in [-0.15, -0.1) is 0 Å². The topological polar surface area (TPSA) is 73.9 Å². The van der Waals surface area contributed by atoms with Gasteiger partial charge in [0.05, 0.1) is 12.1 Å². The highest BCUT2D eigenvalue weighted by molar-refractivity contribution is 14.1. The third-order valence-corrected chi connectivity index (χ3v) is 3.95. The molecule has 0 aliphatic carbocycles. The Balaban J connectivity index is 2.76. The number of rotatable bonds is 6. The van der Waals surface area contributed by atoms with Crippen molar-refractivity contribution in [3.05, 3.63) is 45.6 Å². The van der Waals surface area contributed by atoms with Gasteiger partial charge in [0.1, 0.15) is 6.61 Å². The molecule has 0 radical (unpaired) electrons. The summed E-state index contributed by atoms with van der Waals surface area (Å²) >= 11 is 2.20. The molecule has 0 fully saturated rings. The van der Waals surface area contributed by atoms with Gasteiger partial charge in [-0.1, -0.05) is 30.4 Å². The smallest absolute Gasteiger partial charge is 0.302 e. The Bertz CT molecular complexity index is 597. The van der Waals surface area contributed by atoms with Gasteiger partial charge in [0, 0.05) is 16.9 Å². The molecule has 1 aromatic rings. The maximum Gasteiger partial charge on any atom is 0.302 e. The molecule has 0 amide bonds. The quantitative estimate of drug-likeness (QED) is 0.421. The van der Waals surface area contributed by atoms with Gasteiger partial charge in [-0.3, -0.25) is 4.79 Å². The number of hydrogen-bond donors (Lipinski definition) is 0. The maximum atomic E-state index is 10.6. The number of carbonyl (C=O) groups is 1. The van der Waals surface area contributed by atoms with Gasteiger partial charge in [0.15, 0.2) is 5.41 Å². The lowest BCUT2D eigenvalue weighted by Gasteiger charge is -2.17. The van der Waals surface area contributed by atoms with Gasteiger partial charge >= 0.3 is 5.97 Å². The Morgan fingerprint density at radius 3 is 2.57 bits per heavy atom. The summed E-state index contributed by atoms with van der Waals surface area (Å²) in [7, 11) is 0. The van der Waals surface area contributed by atoms with E-state index < -0.39 is 5.41 Å². The Morgan fingerprint density at radius 1 is 1.33 bits per heavy atom. The summed E-state index contributed by atoms with van der Waals surface area (Å²) < 4.78 is 5.80. The Hall–Kier alpha value is -1.86. The van der Waals surface area contributed by atoms with Crippen molar-refractivity contribution >= 4 is 28.6 Å². The summed E-state index contributed by atoms with van der Waals surface area (Å²) in [6.07, 6.45) is 4.04. The first-order valence-corrected chi connectivity index (χ1v) is 7.45. The molecule has 108 valence electrons. The van der Waals surface area contributed by atoms with E-state index in [1.165, 1.54) is 6.92 Å². The number of carbonyl (C=O) groups excluding carboxylic acids is 1. The number of benzene rings is 1. The Morgan fingerprint density at radius 2 is 2.00 bits per heavy atom. The number of hydrogen-bond acceptors (Lipinski definition) is 4. The summed E-state index contributed by atoms with van der Waals surface area (Å²) in [6.45, 7) is 1.49. The van der Waals surface area contributed by atoms with E-state index in [9.17, 15) is 15.3 Å². The third kappa shape index (κ3) is 5.57. The molecular formula is C16H15IN2O2. The first kappa shape index (κ1) is 17.2. The first-order chi connectivity index (χ1) is 10.0. The number of nitrogens with zero attached hydrogens (tertiary/aromatic N) is 2. The average molecular weight is 394 g/mol. The van der Waals surface area contributed by atoms with Gasteiger partial charge in [-0.2, -0.15) is 10.5 Å². The number of halogens is 1. The zero-order valence-electron chi connectivity index (χ0n) is 11.7. The van der Waals surface area contributed by atoms with Crippen molar-refractivity contribution in [3.8, 4) is 12.1 Å². The number of ether oxygens (including phenoxy) is 1. The minimum atomic E-state index is -1.10. The van der Waals surface area contributed by atoms with Gasteiger partial charge in [-0.25, -0.2) is 0 Å². The second-order valence-corrected chi connectivity index (χ2v) is 5.71. The van der Waals surface area contributed by atoms with Crippen molar-refractivity contribution in [2.75, 3.05) is 6.61 Å². The molecular weight excluding hydrogens is 379 g/mol. The lowest BCUT2D eigenvalue weighted by atomic mass is 9.81. The summed E-state index contributed by atoms with van der Waals surface area (Å²) in [5.41, 5.74) is -0.122. The van der Waals surface area contributed by atoms with E-state index in [1.807, 2.05) is 24.3 Å². The van der Waals surface area contributed by atoms with Crippen LogP contribution in [0.5, 0.6) is 0 Å². The number of esters is 1. The van der Waals surface area contributed by atoms with Crippen LogP contribution in [0.15, 0.2) is 36.4 Å². The normalized spacial score (nSPS) is 10.9. The lowest BCUT2D eigenvalue weighted by Crippen LogP contribution is -2.19. The molecule has 0 saturated carbocycles. The minimum Gasteiger partial charge on any atom is -0.462 e. The molecule has 0 N–H and O–H groups in total. The maximum absolute atomic E-state index is 10.6. The summed E-state index contributed by atoms with van der Waals surface area (Å²) in [6, 6.07) is 11.9. The first-order valence-electron chi connectivity index (χ1n) is 6.37. The molecule has 0 bridgehead atoms. The van der Waals surface area contributed by atoms with Crippen LogP contribution in [0.25, 0.3) is 0 Å². The molecule has 0 spiro atoms. The fourth-order valence-electron chi connectivity index (χ4n) is 1.75. The zero-order chi connectivity index (χ0) is 15.7. The van der Waals surface area contributed by atoms with Crippen molar-refractivity contribution in [3.63, 3.8) is 0 Å². The van der Waals surface area contributed by atoms with E-state index in [2.05, 4.69) is 34.7 Å². The van der Waals surface area contributed by atoms with Gasteiger partial charge in [-0.05, 0) is 40.6 Å². The number of allylic oxidation sites excluding steroid dienone is 1. The van der Waals surface area contributed by atoms with Crippen molar-refractivity contribution in [2.24, 2.45) is 5.41 Å². The van der Waals surface area contributed by atoms with Crippen molar-refractivity contribution in [1.29, 1.82) is 10.5 Å². The SMILES string of the molecule is CC(=O)OC/C=C\CC(C#N)(C#N)Cc1ccccc1I. The van der Waals surface area contributed by atoms with Crippen molar-refractivity contribution in [2.45, 2.75) is 19.8 Å². The fourth-order valence-corrected chi connectivity index (χ4v) is 2.33. The molecule has 21 heavy (non-hydrogen) atoms. The van der Waals surface area contributed by atoms with Crippen LogP contribution < -0.4 is 0 Å². The molecule has 0 unspecified atom stereocenters. The Labute approximate surface area is 138 Å². The van der Waals surface area contributed by atoms with E-state index in [0.29, 0.717) is 12.8 Å². The van der Waals surface area contributed by atoms with Gasteiger partial charge < -0.3 is 4.74 Å². The highest BCUT2D eigenvalue weighted by Crippen LogP contribution is 2.28. The fraction of sp³-hybridized carbons (Fsp3) is 0.312. The second-order valence-electron chi connectivity index (χ2n) is 4.55. The van der Waals surface area contributed by atoms with Crippen molar-refractivity contribution in [1.82, 2.24) is 0 Å². The van der Waals surface area contributed by atoms with Crippen LogP contribution in [0.3, 0.4) is 0 Å². The van der Waals surface area contributed by atoms with Crippen LogP contribution in [0, 0.1) is 31.6 Å². The monoisotopic (exact) mass is 394 g/mol. The molecule has 1 rings (SSSR count). The van der Waals surface area contributed by atoms with Gasteiger partial charge in [0.2, 0.25) is 0 Å². The highest BCUT2D eigenvalue weighted by atomic mass is 127. The second kappa shape index (κ2) is 8.43. The molecule has 0 heterocycles. The van der Waals surface area contributed by atoms with Crippen LogP contribution >= 0.6 is 22.6 Å². The standard InChI is InChI=1S/C16H15IN2O2/c1-13(20)21-9-5-4-8-16(11-18,12-19)10-14-6-2-3-7-15(14)17/h2-7H,8-10H2,1H3/b5-4-.